The van der Waals surface area contributed by atoms with E-state index in [9.17, 15) is 14.9 Å². The number of nitro groups is 1. The van der Waals surface area contributed by atoms with Crippen LogP contribution >= 0.6 is 15.9 Å². The first-order chi connectivity index (χ1) is 13.0. The van der Waals surface area contributed by atoms with Crippen LogP contribution in [-0.2, 0) is 16.1 Å². The van der Waals surface area contributed by atoms with Gasteiger partial charge in [0, 0.05) is 17.1 Å². The Morgan fingerprint density at radius 3 is 2.59 bits per heavy atom. The lowest BCUT2D eigenvalue weighted by molar-refractivity contribution is -0.384. The molecule has 2 rings (SSSR count). The molecule has 27 heavy (non-hydrogen) atoms. The summed E-state index contributed by atoms with van der Waals surface area (Å²) >= 11 is 3.36. The van der Waals surface area contributed by atoms with Crippen molar-refractivity contribution in [3.63, 3.8) is 0 Å². The highest BCUT2D eigenvalue weighted by Crippen LogP contribution is 2.23. The van der Waals surface area contributed by atoms with Gasteiger partial charge in [0.1, 0.15) is 12.1 Å². The summed E-state index contributed by atoms with van der Waals surface area (Å²) in [5.41, 5.74) is 3.66. The molecule has 0 spiro atoms. The highest BCUT2D eigenvalue weighted by atomic mass is 79.9. The van der Waals surface area contributed by atoms with Crippen LogP contribution in [0, 0.1) is 10.1 Å². The molecule has 0 fully saturated rings. The van der Waals surface area contributed by atoms with Crippen LogP contribution < -0.4 is 10.7 Å². The van der Waals surface area contributed by atoms with Crippen molar-refractivity contribution in [2.45, 2.75) is 19.9 Å². The highest BCUT2D eigenvalue weighted by Gasteiger charge is 2.13. The van der Waals surface area contributed by atoms with Crippen molar-refractivity contribution in [3.05, 3.63) is 68.7 Å². The van der Waals surface area contributed by atoms with Crippen LogP contribution in [-0.4, -0.2) is 23.3 Å². The summed E-state index contributed by atoms with van der Waals surface area (Å²) in [6.07, 6.45) is -0.0853. The van der Waals surface area contributed by atoms with Crippen molar-refractivity contribution in [2.75, 3.05) is 12.0 Å². The van der Waals surface area contributed by atoms with Gasteiger partial charge in [0.2, 0.25) is 11.8 Å². The number of halogens is 1. The van der Waals surface area contributed by atoms with Crippen LogP contribution in [0.25, 0.3) is 0 Å². The number of hydrogen-bond acceptors (Lipinski definition) is 6. The minimum Gasteiger partial charge on any atom is -0.480 e. The van der Waals surface area contributed by atoms with E-state index in [1.807, 2.05) is 24.3 Å². The van der Waals surface area contributed by atoms with Gasteiger partial charge in [0.25, 0.3) is 5.69 Å². The molecular weight excluding hydrogens is 416 g/mol. The van der Waals surface area contributed by atoms with Gasteiger partial charge >= 0.3 is 0 Å². The van der Waals surface area contributed by atoms with E-state index in [-0.39, 0.29) is 29.6 Å². The predicted molar refractivity (Wildman–Crippen MR) is 106 cm³/mol. The van der Waals surface area contributed by atoms with E-state index in [1.165, 1.54) is 12.1 Å². The van der Waals surface area contributed by atoms with Crippen molar-refractivity contribution in [1.82, 2.24) is 5.32 Å². The molecule has 9 heteroatoms. The van der Waals surface area contributed by atoms with Crippen molar-refractivity contribution in [1.29, 1.82) is 0 Å². The molecule has 0 aliphatic rings. The molecule has 142 valence electrons. The summed E-state index contributed by atoms with van der Waals surface area (Å²) in [7, 11) is 0. The van der Waals surface area contributed by atoms with Crippen LogP contribution in [0.2, 0.25) is 0 Å². The van der Waals surface area contributed by atoms with Crippen molar-refractivity contribution in [3.8, 4) is 0 Å². The minimum atomic E-state index is -0.511. The van der Waals surface area contributed by atoms with Gasteiger partial charge in [-0.05, 0) is 30.7 Å². The summed E-state index contributed by atoms with van der Waals surface area (Å²) in [5.74, 6) is -0.126. The number of benzene rings is 2. The summed E-state index contributed by atoms with van der Waals surface area (Å²) in [5, 5.41) is 17.8. The number of nitro benzene ring substituents is 1. The molecule has 0 aliphatic heterocycles. The second-order valence-electron chi connectivity index (χ2n) is 5.40. The van der Waals surface area contributed by atoms with E-state index in [0.717, 1.165) is 10.0 Å². The maximum absolute atomic E-state index is 12.1. The molecule has 0 saturated carbocycles. The van der Waals surface area contributed by atoms with Crippen LogP contribution in [0.15, 0.2) is 58.1 Å². The molecule has 2 N–H and O–H groups in total. The Bertz CT molecular complexity index is 824. The Morgan fingerprint density at radius 2 is 1.93 bits per heavy atom. The predicted octanol–water partition coefficient (Wildman–Crippen LogP) is 3.83. The molecule has 0 atom stereocenters. The Balaban J connectivity index is 1.97. The lowest BCUT2D eigenvalue weighted by atomic mass is 10.2. The second kappa shape index (κ2) is 10.3. The van der Waals surface area contributed by atoms with E-state index in [0.29, 0.717) is 13.2 Å². The number of hydrazone groups is 1. The Kier molecular flexibility index (Phi) is 7.75. The summed E-state index contributed by atoms with van der Waals surface area (Å²) in [4.78, 5) is 22.7. The topological polar surface area (TPSA) is 106 Å². The van der Waals surface area contributed by atoms with Gasteiger partial charge in [-0.1, -0.05) is 40.2 Å². The lowest BCUT2D eigenvalue weighted by Crippen LogP contribution is -2.26. The molecule has 0 unspecified atom stereocenters. The first kappa shape index (κ1) is 20.4. The Labute approximate surface area is 164 Å². The summed E-state index contributed by atoms with van der Waals surface area (Å²) < 4.78 is 6.32. The van der Waals surface area contributed by atoms with Crippen molar-refractivity contribution < 1.29 is 14.5 Å². The lowest BCUT2D eigenvalue weighted by Gasteiger charge is -2.09. The molecule has 0 aliphatic carbocycles. The summed E-state index contributed by atoms with van der Waals surface area (Å²) in [6, 6.07) is 13.7. The molecular formula is C18H19BrN4O4. The van der Waals surface area contributed by atoms with Crippen LogP contribution in [0.3, 0.4) is 0 Å². The number of ether oxygens (including phenoxy) is 1. The fraction of sp³-hybridized carbons (Fsp3) is 0.222. The smallest absolute Gasteiger partial charge is 0.294 e. The number of nitrogens with zero attached hydrogens (tertiary/aromatic N) is 2. The van der Waals surface area contributed by atoms with E-state index in [2.05, 4.69) is 31.8 Å². The number of carbonyl (C=O) groups is 1. The zero-order valence-electron chi connectivity index (χ0n) is 14.6. The summed E-state index contributed by atoms with van der Waals surface area (Å²) in [6.45, 7) is 2.46. The zero-order chi connectivity index (χ0) is 19.6. The molecule has 2 aromatic carbocycles. The third-order valence-electron chi connectivity index (χ3n) is 3.43. The van der Waals surface area contributed by atoms with Crippen LogP contribution in [0.1, 0.15) is 18.9 Å². The number of para-hydroxylation sites is 2. The molecule has 0 heterocycles. The van der Waals surface area contributed by atoms with Crippen molar-refractivity contribution >= 4 is 39.1 Å². The molecule has 1 amide bonds. The average Bonchev–Trinajstić information content (AvgIpc) is 2.66. The second-order valence-corrected chi connectivity index (χ2v) is 6.32. The largest absolute Gasteiger partial charge is 0.480 e. The first-order valence-electron chi connectivity index (χ1n) is 8.19. The molecule has 0 aromatic heterocycles. The monoisotopic (exact) mass is 434 g/mol. The van der Waals surface area contributed by atoms with Crippen molar-refractivity contribution in [2.24, 2.45) is 5.10 Å². The first-order valence-corrected chi connectivity index (χ1v) is 8.98. The zero-order valence-corrected chi connectivity index (χ0v) is 16.2. The molecule has 0 radical (unpaired) electrons. The maximum atomic E-state index is 12.1. The minimum absolute atomic E-state index is 0.0853. The molecule has 0 saturated heterocycles. The molecule has 8 nitrogen and oxygen atoms in total. The number of anilines is 1. The van der Waals surface area contributed by atoms with Crippen LogP contribution in [0.4, 0.5) is 11.4 Å². The molecule has 2 aromatic rings. The van der Waals surface area contributed by atoms with Gasteiger partial charge < -0.3 is 10.1 Å². The average molecular weight is 435 g/mol. The van der Waals surface area contributed by atoms with Gasteiger partial charge in [0.05, 0.1) is 11.5 Å². The van der Waals surface area contributed by atoms with E-state index in [1.54, 1.807) is 19.1 Å². The standard InChI is InChI=1S/C18H19BrN4O4/c1-2-27-18(22-21-15-5-3-4-6-16(15)23(25)26)11-17(24)20-12-13-7-9-14(19)10-8-13/h3-10,21H,2,11-12H2,1H3,(H,20,24)/b22-18-. The van der Waals surface area contributed by atoms with Crippen LogP contribution in [0.5, 0.6) is 0 Å². The number of rotatable bonds is 8. The van der Waals surface area contributed by atoms with Gasteiger partial charge in [0.15, 0.2) is 0 Å². The third-order valence-corrected chi connectivity index (χ3v) is 3.96. The van der Waals surface area contributed by atoms with E-state index >= 15 is 0 Å². The maximum Gasteiger partial charge on any atom is 0.294 e. The van der Waals surface area contributed by atoms with Gasteiger partial charge in [-0.15, -0.1) is 5.10 Å². The third kappa shape index (κ3) is 6.70. The van der Waals surface area contributed by atoms with E-state index < -0.39 is 4.92 Å². The SMILES string of the molecule is CCO/C(CC(=O)NCc1ccc(Br)cc1)=N\Nc1ccccc1[N+](=O)[O-]. The normalized spacial score (nSPS) is 11.0. The van der Waals surface area contributed by atoms with Gasteiger partial charge in [-0.2, -0.15) is 0 Å². The van der Waals surface area contributed by atoms with E-state index in [4.69, 9.17) is 4.74 Å². The Hall–Kier alpha value is -2.94. The fourth-order valence-electron chi connectivity index (χ4n) is 2.14. The molecule has 0 bridgehead atoms. The Morgan fingerprint density at radius 1 is 1.22 bits per heavy atom. The van der Waals surface area contributed by atoms with Gasteiger partial charge in [-0.25, -0.2) is 0 Å². The number of amides is 1. The highest BCUT2D eigenvalue weighted by molar-refractivity contribution is 9.10. The number of carbonyl (C=O) groups excluding carboxylic acids is 1. The quantitative estimate of drug-likeness (QED) is 0.284. The fourth-order valence-corrected chi connectivity index (χ4v) is 2.41. The van der Waals surface area contributed by atoms with Gasteiger partial charge in [-0.3, -0.25) is 20.3 Å². The number of nitrogens with one attached hydrogen (secondary N) is 2. The number of hydrogen-bond donors (Lipinski definition) is 2.